The molecule has 0 unspecified atom stereocenters. The lowest BCUT2D eigenvalue weighted by atomic mass is 10.5. The van der Waals surface area contributed by atoms with E-state index in [1.165, 1.54) is 0 Å². The van der Waals surface area contributed by atoms with Crippen LogP contribution in [0.4, 0.5) is 0 Å². The quantitative estimate of drug-likeness (QED) is 0.521. The third kappa shape index (κ3) is 1.19. The van der Waals surface area contributed by atoms with Crippen LogP contribution in [0.2, 0.25) is 0 Å². The van der Waals surface area contributed by atoms with E-state index in [2.05, 4.69) is 6.26 Å². The topological polar surface area (TPSA) is 17.1 Å². The highest BCUT2D eigenvalue weighted by Gasteiger charge is 2.23. The minimum Gasteiger partial charge on any atom is -0.260 e. The third-order valence-electron chi connectivity index (χ3n) is 1.08. The smallest absolute Gasteiger partial charge is 0.0363 e. The fraction of sp³-hybridized carbons (Fsp3) is 1.00. The highest BCUT2D eigenvalue weighted by Crippen LogP contribution is 2.17. The molecule has 3 heteroatoms. The van der Waals surface area contributed by atoms with Crippen LogP contribution in [0.1, 0.15) is 0 Å². The molecule has 7 heavy (non-hydrogen) atoms. The summed E-state index contributed by atoms with van der Waals surface area (Å²) in [6.45, 7) is 0. The van der Waals surface area contributed by atoms with E-state index in [-0.39, 0.29) is 0 Å². The van der Waals surface area contributed by atoms with Gasteiger partial charge in [-0.25, -0.2) is 0 Å². The maximum absolute atomic E-state index is 10.4. The van der Waals surface area contributed by atoms with Gasteiger partial charge in [0.25, 0.3) is 0 Å². The van der Waals surface area contributed by atoms with Crippen molar-refractivity contribution in [1.29, 1.82) is 0 Å². The second kappa shape index (κ2) is 2.18. The number of rotatable bonds is 1. The van der Waals surface area contributed by atoms with Crippen LogP contribution in [0.25, 0.3) is 0 Å². The Bertz CT molecular complexity index is 83.7. The lowest BCUT2D eigenvalue weighted by Gasteiger charge is -2.21. The Balaban J connectivity index is 2.17. The fourth-order valence-corrected chi connectivity index (χ4v) is 3.23. The lowest BCUT2D eigenvalue weighted by molar-refractivity contribution is 0.673. The molecule has 0 amide bonds. The molecular formula is C4H8OS2. The molecule has 1 saturated heterocycles. The van der Waals surface area contributed by atoms with Gasteiger partial charge in [0, 0.05) is 27.6 Å². The van der Waals surface area contributed by atoms with Crippen molar-refractivity contribution in [3.05, 3.63) is 0 Å². The van der Waals surface area contributed by atoms with Crippen LogP contribution in [-0.2, 0) is 10.8 Å². The van der Waals surface area contributed by atoms with Crippen molar-refractivity contribution in [2.45, 2.75) is 5.25 Å². The first kappa shape index (κ1) is 5.63. The summed E-state index contributed by atoms with van der Waals surface area (Å²) in [4.78, 5) is 0. The molecule has 42 valence electrons. The Labute approximate surface area is 50.3 Å². The molecule has 1 aliphatic heterocycles. The van der Waals surface area contributed by atoms with Crippen LogP contribution in [0, 0.1) is 0 Å². The molecule has 1 rings (SSSR count). The van der Waals surface area contributed by atoms with Crippen molar-refractivity contribution >= 4 is 22.6 Å². The van der Waals surface area contributed by atoms with Gasteiger partial charge in [-0.05, 0) is 6.26 Å². The first-order valence-corrected chi connectivity index (χ1v) is 4.98. The maximum atomic E-state index is 10.4. The molecule has 0 N–H and O–H groups in total. The van der Waals surface area contributed by atoms with E-state index >= 15 is 0 Å². The van der Waals surface area contributed by atoms with E-state index in [4.69, 9.17) is 0 Å². The zero-order valence-corrected chi connectivity index (χ0v) is 5.85. The summed E-state index contributed by atoms with van der Waals surface area (Å²) in [6.07, 6.45) is 2.07. The normalized spacial score (nSPS) is 40.1. The summed E-state index contributed by atoms with van der Waals surface area (Å²) in [5.74, 6) is 1.86. The van der Waals surface area contributed by atoms with Gasteiger partial charge in [-0.1, -0.05) is 0 Å². The minimum absolute atomic E-state index is 0.443. The van der Waals surface area contributed by atoms with E-state index in [1.807, 2.05) is 11.8 Å². The van der Waals surface area contributed by atoms with Gasteiger partial charge in [-0.3, -0.25) is 4.21 Å². The van der Waals surface area contributed by atoms with Gasteiger partial charge in [0.1, 0.15) is 0 Å². The van der Waals surface area contributed by atoms with Crippen molar-refractivity contribution in [3.63, 3.8) is 0 Å². The third-order valence-corrected chi connectivity index (χ3v) is 4.05. The summed E-state index contributed by atoms with van der Waals surface area (Å²) >= 11 is 1.82. The molecule has 0 aliphatic carbocycles. The predicted octanol–water partition coefficient (Wildman–Crippen LogP) is 0.480. The summed E-state index contributed by atoms with van der Waals surface area (Å²) in [6, 6.07) is 0. The van der Waals surface area contributed by atoms with E-state index < -0.39 is 10.8 Å². The molecule has 0 aromatic heterocycles. The Morgan fingerprint density at radius 3 is 2.43 bits per heavy atom. The zero-order valence-electron chi connectivity index (χ0n) is 4.22. The number of hydrogen-bond acceptors (Lipinski definition) is 2. The van der Waals surface area contributed by atoms with Gasteiger partial charge in [-0.15, -0.1) is 0 Å². The second-order valence-electron chi connectivity index (χ2n) is 1.63. The molecule has 1 nitrogen and oxygen atoms in total. The predicted molar refractivity (Wildman–Crippen MR) is 35.2 cm³/mol. The molecule has 0 atom stereocenters. The van der Waals surface area contributed by atoms with Gasteiger partial charge in [-0.2, -0.15) is 11.8 Å². The van der Waals surface area contributed by atoms with Gasteiger partial charge in [0.05, 0.1) is 0 Å². The van der Waals surface area contributed by atoms with Crippen molar-refractivity contribution in [2.24, 2.45) is 0 Å². The van der Waals surface area contributed by atoms with E-state index in [0.29, 0.717) is 5.25 Å². The Morgan fingerprint density at radius 1 is 1.71 bits per heavy atom. The average Bonchev–Trinajstić information content (AvgIpc) is 1.58. The Hall–Kier alpha value is 0.500. The number of hydrogen-bond donors (Lipinski definition) is 0. The first-order valence-electron chi connectivity index (χ1n) is 2.20. The molecule has 0 radical (unpaired) electrons. The molecule has 1 aliphatic rings. The van der Waals surface area contributed by atoms with Crippen LogP contribution in [0.3, 0.4) is 0 Å². The van der Waals surface area contributed by atoms with Crippen LogP contribution in [0.5, 0.6) is 0 Å². The minimum atomic E-state index is -0.443. The summed E-state index contributed by atoms with van der Waals surface area (Å²) in [5.41, 5.74) is 0. The zero-order chi connectivity index (χ0) is 5.28. The van der Waals surface area contributed by atoms with Crippen molar-refractivity contribution in [2.75, 3.05) is 17.8 Å². The molecule has 0 saturated carbocycles. The van der Waals surface area contributed by atoms with Gasteiger partial charge < -0.3 is 0 Å². The largest absolute Gasteiger partial charge is 0.260 e. The lowest BCUT2D eigenvalue weighted by Crippen LogP contribution is -2.33. The average molecular weight is 136 g/mol. The van der Waals surface area contributed by atoms with E-state index in [9.17, 15) is 4.21 Å². The van der Waals surface area contributed by atoms with Crippen LogP contribution >= 0.6 is 11.8 Å². The molecule has 1 heterocycles. The van der Waals surface area contributed by atoms with Gasteiger partial charge in [0.15, 0.2) is 0 Å². The monoisotopic (exact) mass is 136 g/mol. The highest BCUT2D eigenvalue weighted by atomic mass is 32.2. The Morgan fingerprint density at radius 2 is 2.29 bits per heavy atom. The summed E-state index contributed by atoms with van der Waals surface area (Å²) in [7, 11) is -0.443. The summed E-state index contributed by atoms with van der Waals surface area (Å²) < 4.78 is 10.4. The van der Waals surface area contributed by atoms with Gasteiger partial charge in [0.2, 0.25) is 0 Å². The maximum Gasteiger partial charge on any atom is 0.0363 e. The molecule has 0 spiro atoms. The van der Waals surface area contributed by atoms with E-state index in [0.717, 1.165) is 11.5 Å². The number of thioether (sulfide) groups is 1. The molecule has 1 fully saturated rings. The fourth-order valence-electron chi connectivity index (χ4n) is 0.502. The SMILES string of the molecule is CSC1CS(=O)C1. The molecule has 0 aromatic rings. The molecular weight excluding hydrogens is 128 g/mol. The van der Waals surface area contributed by atoms with Crippen LogP contribution in [0.15, 0.2) is 0 Å². The van der Waals surface area contributed by atoms with Crippen molar-refractivity contribution < 1.29 is 4.21 Å². The first-order chi connectivity index (χ1) is 3.33. The van der Waals surface area contributed by atoms with Gasteiger partial charge >= 0.3 is 0 Å². The van der Waals surface area contributed by atoms with Crippen LogP contribution in [-0.4, -0.2) is 27.2 Å². The summed E-state index contributed by atoms with van der Waals surface area (Å²) in [5, 5.41) is 0.709. The van der Waals surface area contributed by atoms with E-state index in [1.54, 1.807) is 0 Å². The molecule has 0 bridgehead atoms. The molecule has 0 aromatic carbocycles. The Kier molecular flexibility index (Phi) is 1.75. The second-order valence-corrected chi connectivity index (χ2v) is 4.32. The standard InChI is InChI=1S/C4H8OS2/c1-6-4-2-7(5)3-4/h4H,2-3H2,1H3. The van der Waals surface area contributed by atoms with Crippen molar-refractivity contribution in [3.8, 4) is 0 Å². The highest BCUT2D eigenvalue weighted by molar-refractivity contribution is 8.02. The van der Waals surface area contributed by atoms with Crippen LogP contribution < -0.4 is 0 Å². The van der Waals surface area contributed by atoms with Crippen molar-refractivity contribution in [1.82, 2.24) is 0 Å².